The predicted octanol–water partition coefficient (Wildman–Crippen LogP) is 2.25. The molecule has 1 aromatic rings. The van der Waals surface area contributed by atoms with Gasteiger partial charge in [0.1, 0.15) is 11.9 Å². The Kier molecular flexibility index (Phi) is 3.20. The van der Waals surface area contributed by atoms with Gasteiger partial charge in [-0.05, 0) is 28.1 Å². The molecular weight excluding hydrogens is 253 g/mol. The summed E-state index contributed by atoms with van der Waals surface area (Å²) in [5.74, 6) is -1.39. The maximum Gasteiger partial charge on any atom is 0.339 e. The number of ether oxygens (including phenoxy) is 1. The average molecular weight is 258 g/mol. The van der Waals surface area contributed by atoms with Crippen molar-refractivity contribution in [2.45, 2.75) is 0 Å². The van der Waals surface area contributed by atoms with Crippen molar-refractivity contribution in [2.75, 3.05) is 7.11 Å². The van der Waals surface area contributed by atoms with Gasteiger partial charge in [-0.25, -0.2) is 9.18 Å². The second kappa shape index (κ2) is 4.20. The molecule has 0 amide bonds. The first-order valence-corrected chi connectivity index (χ1v) is 4.37. The van der Waals surface area contributed by atoms with Crippen LogP contribution in [0.3, 0.4) is 0 Å². The largest absolute Gasteiger partial charge is 0.465 e. The molecule has 0 fully saturated rings. The zero-order chi connectivity index (χ0) is 10.7. The summed E-state index contributed by atoms with van der Waals surface area (Å²) in [6.45, 7) is 0. The Hall–Kier alpha value is -1.41. The van der Waals surface area contributed by atoms with Gasteiger partial charge in [-0.15, -0.1) is 0 Å². The van der Waals surface area contributed by atoms with Gasteiger partial charge in [0.25, 0.3) is 0 Å². The van der Waals surface area contributed by atoms with Crippen LogP contribution >= 0.6 is 15.9 Å². The zero-order valence-electron chi connectivity index (χ0n) is 7.17. The molecular formula is C9H5BrFNO2. The normalized spacial score (nSPS) is 9.29. The molecule has 1 rings (SSSR count). The lowest BCUT2D eigenvalue weighted by Crippen LogP contribution is -2.03. The molecule has 5 heteroatoms. The number of hydrogen-bond acceptors (Lipinski definition) is 3. The highest BCUT2D eigenvalue weighted by Gasteiger charge is 2.14. The van der Waals surface area contributed by atoms with Gasteiger partial charge in [0.05, 0.1) is 18.2 Å². The van der Waals surface area contributed by atoms with E-state index in [1.165, 1.54) is 13.2 Å². The minimum Gasteiger partial charge on any atom is -0.465 e. The van der Waals surface area contributed by atoms with Gasteiger partial charge < -0.3 is 4.74 Å². The molecule has 0 saturated carbocycles. The van der Waals surface area contributed by atoms with Crippen LogP contribution in [-0.2, 0) is 4.74 Å². The third-order valence-corrected chi connectivity index (χ3v) is 2.24. The van der Waals surface area contributed by atoms with E-state index in [-0.39, 0.29) is 11.1 Å². The molecule has 14 heavy (non-hydrogen) atoms. The standard InChI is InChI=1S/C9H5BrFNO2/c1-14-9(13)6-3-8(11)5(4-12)2-7(6)10/h2-3H,1H3. The van der Waals surface area contributed by atoms with E-state index in [0.29, 0.717) is 4.47 Å². The van der Waals surface area contributed by atoms with Gasteiger partial charge in [0.2, 0.25) is 0 Å². The summed E-state index contributed by atoms with van der Waals surface area (Å²) < 4.78 is 17.8. The van der Waals surface area contributed by atoms with Crippen molar-refractivity contribution in [2.24, 2.45) is 0 Å². The zero-order valence-corrected chi connectivity index (χ0v) is 8.76. The third kappa shape index (κ3) is 1.91. The Morgan fingerprint density at radius 2 is 2.29 bits per heavy atom. The van der Waals surface area contributed by atoms with Crippen molar-refractivity contribution >= 4 is 21.9 Å². The second-order valence-electron chi connectivity index (χ2n) is 2.42. The van der Waals surface area contributed by atoms with Crippen LogP contribution in [0.2, 0.25) is 0 Å². The highest BCUT2D eigenvalue weighted by atomic mass is 79.9. The Morgan fingerprint density at radius 3 is 2.79 bits per heavy atom. The van der Waals surface area contributed by atoms with Crippen LogP contribution in [0.5, 0.6) is 0 Å². The fraction of sp³-hybridized carbons (Fsp3) is 0.111. The molecule has 0 atom stereocenters. The van der Waals surface area contributed by atoms with Gasteiger partial charge in [-0.3, -0.25) is 0 Å². The van der Waals surface area contributed by atoms with Gasteiger partial charge in [0.15, 0.2) is 0 Å². The number of carbonyl (C=O) groups excluding carboxylic acids is 1. The maximum atomic E-state index is 13.1. The molecule has 1 aromatic carbocycles. The first-order chi connectivity index (χ1) is 6.60. The third-order valence-electron chi connectivity index (χ3n) is 1.58. The molecule has 0 bridgehead atoms. The number of carbonyl (C=O) groups is 1. The first kappa shape index (κ1) is 10.7. The highest BCUT2D eigenvalue weighted by molar-refractivity contribution is 9.10. The van der Waals surface area contributed by atoms with E-state index < -0.39 is 11.8 Å². The van der Waals surface area contributed by atoms with Crippen LogP contribution in [0.15, 0.2) is 16.6 Å². The number of halogens is 2. The van der Waals surface area contributed by atoms with Crippen LogP contribution in [0, 0.1) is 17.1 Å². The molecule has 0 aliphatic rings. The molecule has 0 saturated heterocycles. The van der Waals surface area contributed by atoms with Crippen molar-refractivity contribution in [3.63, 3.8) is 0 Å². The van der Waals surface area contributed by atoms with E-state index in [2.05, 4.69) is 20.7 Å². The van der Waals surface area contributed by atoms with Crippen LogP contribution in [0.1, 0.15) is 15.9 Å². The topological polar surface area (TPSA) is 50.1 Å². The maximum absolute atomic E-state index is 13.1. The Labute approximate surface area is 88.2 Å². The van der Waals surface area contributed by atoms with E-state index in [0.717, 1.165) is 6.07 Å². The number of nitrogens with zero attached hydrogens (tertiary/aromatic N) is 1. The average Bonchev–Trinajstić information content (AvgIpc) is 2.19. The molecule has 0 unspecified atom stereocenters. The number of esters is 1. The lowest BCUT2D eigenvalue weighted by Gasteiger charge is -2.03. The molecule has 0 aliphatic carbocycles. The number of hydrogen-bond donors (Lipinski definition) is 0. The highest BCUT2D eigenvalue weighted by Crippen LogP contribution is 2.21. The summed E-state index contributed by atoms with van der Waals surface area (Å²) in [5, 5.41) is 8.50. The summed E-state index contributed by atoms with van der Waals surface area (Å²) in [4.78, 5) is 11.1. The van der Waals surface area contributed by atoms with Crippen molar-refractivity contribution < 1.29 is 13.9 Å². The monoisotopic (exact) mass is 257 g/mol. The first-order valence-electron chi connectivity index (χ1n) is 3.57. The van der Waals surface area contributed by atoms with Gasteiger partial charge >= 0.3 is 5.97 Å². The minimum absolute atomic E-state index is 0.0593. The summed E-state index contributed by atoms with van der Waals surface area (Å²) >= 11 is 3.04. The Balaban J connectivity index is 3.30. The van der Waals surface area contributed by atoms with Crippen molar-refractivity contribution in [1.82, 2.24) is 0 Å². The molecule has 3 nitrogen and oxygen atoms in total. The van der Waals surface area contributed by atoms with E-state index in [9.17, 15) is 9.18 Å². The van der Waals surface area contributed by atoms with E-state index >= 15 is 0 Å². The van der Waals surface area contributed by atoms with E-state index in [4.69, 9.17) is 5.26 Å². The molecule has 0 N–H and O–H groups in total. The quantitative estimate of drug-likeness (QED) is 0.726. The van der Waals surface area contributed by atoms with E-state index in [1.54, 1.807) is 6.07 Å². The fourth-order valence-electron chi connectivity index (χ4n) is 0.899. The van der Waals surface area contributed by atoms with Crippen molar-refractivity contribution in [3.05, 3.63) is 33.5 Å². The van der Waals surface area contributed by atoms with Crippen LogP contribution in [-0.4, -0.2) is 13.1 Å². The molecule has 0 aromatic heterocycles. The fourth-order valence-corrected chi connectivity index (χ4v) is 1.40. The molecule has 0 radical (unpaired) electrons. The number of benzene rings is 1. The summed E-state index contributed by atoms with van der Waals surface area (Å²) in [6, 6.07) is 3.87. The summed E-state index contributed by atoms with van der Waals surface area (Å²) in [7, 11) is 1.20. The number of methoxy groups -OCH3 is 1. The predicted molar refractivity (Wildman–Crippen MR) is 50.2 cm³/mol. The minimum atomic E-state index is -0.740. The van der Waals surface area contributed by atoms with Crippen LogP contribution in [0.25, 0.3) is 0 Å². The van der Waals surface area contributed by atoms with Gasteiger partial charge in [-0.2, -0.15) is 5.26 Å². The summed E-state index contributed by atoms with van der Waals surface area (Å²) in [6.07, 6.45) is 0. The molecule has 0 spiro atoms. The Morgan fingerprint density at radius 1 is 1.64 bits per heavy atom. The lowest BCUT2D eigenvalue weighted by atomic mass is 10.1. The Bertz CT molecular complexity index is 426. The van der Waals surface area contributed by atoms with Gasteiger partial charge in [-0.1, -0.05) is 0 Å². The smallest absolute Gasteiger partial charge is 0.339 e. The van der Waals surface area contributed by atoms with Crippen molar-refractivity contribution in [1.29, 1.82) is 5.26 Å². The molecule has 0 heterocycles. The SMILES string of the molecule is COC(=O)c1cc(F)c(C#N)cc1Br. The summed E-state index contributed by atoms with van der Waals surface area (Å²) in [5.41, 5.74) is -0.0615. The number of nitriles is 1. The lowest BCUT2D eigenvalue weighted by molar-refractivity contribution is 0.0599. The number of rotatable bonds is 1. The molecule has 72 valence electrons. The van der Waals surface area contributed by atoms with Crippen LogP contribution in [0.4, 0.5) is 4.39 Å². The molecule has 0 aliphatic heterocycles. The van der Waals surface area contributed by atoms with Crippen molar-refractivity contribution in [3.8, 4) is 6.07 Å². The van der Waals surface area contributed by atoms with Crippen LogP contribution < -0.4 is 0 Å². The van der Waals surface area contributed by atoms with E-state index in [1.807, 2.05) is 0 Å². The second-order valence-corrected chi connectivity index (χ2v) is 3.27. The van der Waals surface area contributed by atoms with Gasteiger partial charge in [0, 0.05) is 4.47 Å².